The van der Waals surface area contributed by atoms with E-state index < -0.39 is 0 Å². The Kier molecular flexibility index (Phi) is 16.6. The average molecular weight is 413 g/mol. The van der Waals surface area contributed by atoms with Gasteiger partial charge in [0.05, 0.1) is 0 Å². The standard InChI is InChI=1S/C13H26N2O3.C10H18O/c1-11(2)10-18-9-5-8-15-13(17)7-4-6-12(16)14-3;1-8(2)10(11)9-6-4-3-5-7-9/h11H,4-10H2,1-3H3,(H,14,16)(H,15,17);8-9H,3-7H2,1-2H3. The van der Waals surface area contributed by atoms with E-state index in [4.69, 9.17) is 4.74 Å². The lowest BCUT2D eigenvalue weighted by Gasteiger charge is -2.21. The quantitative estimate of drug-likeness (QED) is 0.477. The lowest BCUT2D eigenvalue weighted by Crippen LogP contribution is -2.25. The normalized spacial score (nSPS) is 14.3. The minimum Gasteiger partial charge on any atom is -0.381 e. The van der Waals surface area contributed by atoms with Crippen LogP contribution in [0.5, 0.6) is 0 Å². The molecule has 29 heavy (non-hydrogen) atoms. The first-order valence-corrected chi connectivity index (χ1v) is 11.4. The van der Waals surface area contributed by atoms with Crippen LogP contribution >= 0.6 is 0 Å². The van der Waals surface area contributed by atoms with Crippen molar-refractivity contribution in [2.75, 3.05) is 26.8 Å². The highest BCUT2D eigenvalue weighted by atomic mass is 16.5. The van der Waals surface area contributed by atoms with Gasteiger partial charge >= 0.3 is 0 Å². The van der Waals surface area contributed by atoms with E-state index in [1.54, 1.807) is 7.05 Å². The summed E-state index contributed by atoms with van der Waals surface area (Å²) >= 11 is 0. The van der Waals surface area contributed by atoms with Crippen molar-refractivity contribution in [2.24, 2.45) is 17.8 Å². The van der Waals surface area contributed by atoms with Crippen molar-refractivity contribution in [3.63, 3.8) is 0 Å². The first-order valence-electron chi connectivity index (χ1n) is 11.4. The third-order valence-corrected chi connectivity index (χ3v) is 4.90. The zero-order valence-corrected chi connectivity index (χ0v) is 19.4. The molecule has 1 aliphatic carbocycles. The van der Waals surface area contributed by atoms with Crippen LogP contribution in [-0.2, 0) is 19.1 Å². The number of ketones is 1. The van der Waals surface area contributed by atoms with Gasteiger partial charge in [-0.15, -0.1) is 0 Å². The molecule has 0 aromatic carbocycles. The topological polar surface area (TPSA) is 84.5 Å². The summed E-state index contributed by atoms with van der Waals surface area (Å²) in [7, 11) is 1.60. The van der Waals surface area contributed by atoms with Gasteiger partial charge in [0.25, 0.3) is 0 Å². The number of ether oxygens (including phenoxy) is 1. The predicted molar refractivity (Wildman–Crippen MR) is 118 cm³/mol. The molecule has 0 bridgehead atoms. The molecule has 0 aromatic rings. The number of amides is 2. The molecule has 0 saturated heterocycles. The Balaban J connectivity index is 0.000000604. The summed E-state index contributed by atoms with van der Waals surface area (Å²) in [5, 5.41) is 5.34. The van der Waals surface area contributed by atoms with Crippen molar-refractivity contribution < 1.29 is 19.1 Å². The van der Waals surface area contributed by atoms with Crippen LogP contribution in [0.15, 0.2) is 0 Å². The smallest absolute Gasteiger partial charge is 0.220 e. The average Bonchev–Trinajstić information content (AvgIpc) is 2.70. The van der Waals surface area contributed by atoms with Crippen molar-refractivity contribution in [2.45, 2.75) is 85.5 Å². The molecule has 0 spiro atoms. The van der Waals surface area contributed by atoms with Crippen LogP contribution in [0.2, 0.25) is 0 Å². The monoisotopic (exact) mass is 412 g/mol. The summed E-state index contributed by atoms with van der Waals surface area (Å²) in [4.78, 5) is 33.8. The Morgan fingerprint density at radius 3 is 2.10 bits per heavy atom. The minimum absolute atomic E-state index is 0.00256. The highest BCUT2D eigenvalue weighted by molar-refractivity contribution is 5.82. The van der Waals surface area contributed by atoms with Gasteiger partial charge < -0.3 is 15.4 Å². The maximum atomic E-state index is 11.5. The van der Waals surface area contributed by atoms with Crippen molar-refractivity contribution in [1.82, 2.24) is 10.6 Å². The molecule has 170 valence electrons. The largest absolute Gasteiger partial charge is 0.381 e. The van der Waals surface area contributed by atoms with E-state index in [2.05, 4.69) is 24.5 Å². The summed E-state index contributed by atoms with van der Waals surface area (Å²) < 4.78 is 5.40. The second-order valence-electron chi connectivity index (χ2n) is 8.59. The van der Waals surface area contributed by atoms with Crippen LogP contribution in [0.4, 0.5) is 0 Å². The van der Waals surface area contributed by atoms with E-state index in [0.717, 1.165) is 25.9 Å². The number of Topliss-reactive ketones (excluding diaryl/α,β-unsaturated/α-hetero) is 1. The Labute approximate surface area is 177 Å². The van der Waals surface area contributed by atoms with Gasteiger partial charge in [-0.2, -0.15) is 0 Å². The van der Waals surface area contributed by atoms with Crippen LogP contribution in [0.3, 0.4) is 0 Å². The maximum absolute atomic E-state index is 11.5. The van der Waals surface area contributed by atoms with E-state index in [1.165, 1.54) is 19.3 Å². The second-order valence-corrected chi connectivity index (χ2v) is 8.59. The molecule has 1 saturated carbocycles. The molecule has 0 aliphatic heterocycles. The molecular formula is C23H44N2O4. The van der Waals surface area contributed by atoms with Crippen molar-refractivity contribution in [3.8, 4) is 0 Å². The number of hydrogen-bond acceptors (Lipinski definition) is 4. The molecule has 2 amide bonds. The molecule has 6 heteroatoms. The summed E-state index contributed by atoms with van der Waals surface area (Å²) in [5.74, 6) is 1.67. The zero-order valence-electron chi connectivity index (χ0n) is 19.4. The summed E-state index contributed by atoms with van der Waals surface area (Å²) in [6.45, 7) is 10.3. The fourth-order valence-electron chi connectivity index (χ4n) is 3.20. The van der Waals surface area contributed by atoms with Crippen LogP contribution in [0, 0.1) is 17.8 Å². The first-order chi connectivity index (χ1) is 13.8. The summed E-state index contributed by atoms with van der Waals surface area (Å²) in [6, 6.07) is 0. The van der Waals surface area contributed by atoms with Crippen LogP contribution < -0.4 is 10.6 Å². The Morgan fingerprint density at radius 2 is 1.55 bits per heavy atom. The molecular weight excluding hydrogens is 368 g/mol. The summed E-state index contributed by atoms with van der Waals surface area (Å²) in [5.41, 5.74) is 0. The molecule has 0 unspecified atom stereocenters. The first kappa shape index (κ1) is 27.6. The fraction of sp³-hybridized carbons (Fsp3) is 0.870. The molecule has 0 radical (unpaired) electrons. The highest BCUT2D eigenvalue weighted by Gasteiger charge is 2.22. The third kappa shape index (κ3) is 16.1. The predicted octanol–water partition coefficient (Wildman–Crippen LogP) is 3.87. The van der Waals surface area contributed by atoms with Crippen molar-refractivity contribution in [3.05, 3.63) is 0 Å². The van der Waals surface area contributed by atoms with E-state index in [-0.39, 0.29) is 17.7 Å². The van der Waals surface area contributed by atoms with Gasteiger partial charge in [0.2, 0.25) is 11.8 Å². The van der Waals surface area contributed by atoms with Gasteiger partial charge in [-0.1, -0.05) is 47.0 Å². The van der Waals surface area contributed by atoms with E-state index in [1.807, 2.05) is 13.8 Å². The van der Waals surface area contributed by atoms with E-state index in [9.17, 15) is 14.4 Å². The lowest BCUT2D eigenvalue weighted by atomic mass is 9.83. The van der Waals surface area contributed by atoms with Crippen LogP contribution in [0.1, 0.15) is 85.5 Å². The zero-order chi connectivity index (χ0) is 22.1. The van der Waals surface area contributed by atoms with Gasteiger partial charge in [-0.25, -0.2) is 0 Å². The van der Waals surface area contributed by atoms with E-state index >= 15 is 0 Å². The second kappa shape index (κ2) is 17.4. The Hall–Kier alpha value is -1.43. The van der Waals surface area contributed by atoms with Crippen LogP contribution in [-0.4, -0.2) is 44.4 Å². The summed E-state index contributed by atoms with van der Waals surface area (Å²) in [6.07, 6.45) is 8.40. The Bertz CT molecular complexity index is 458. The number of rotatable bonds is 12. The molecule has 0 atom stereocenters. The lowest BCUT2D eigenvalue weighted by molar-refractivity contribution is -0.127. The molecule has 1 fully saturated rings. The molecule has 0 heterocycles. The number of carbonyl (C=O) groups excluding carboxylic acids is 3. The molecule has 6 nitrogen and oxygen atoms in total. The van der Waals surface area contributed by atoms with Gasteiger partial charge in [0.1, 0.15) is 5.78 Å². The molecule has 0 aromatic heterocycles. The SMILES string of the molecule is CC(C)C(=O)C1CCCCC1.CNC(=O)CCCC(=O)NCCCOCC(C)C. The van der Waals surface area contributed by atoms with E-state index in [0.29, 0.717) is 50.0 Å². The fourth-order valence-corrected chi connectivity index (χ4v) is 3.20. The molecule has 1 rings (SSSR count). The van der Waals surface area contributed by atoms with Gasteiger partial charge in [-0.3, -0.25) is 14.4 Å². The van der Waals surface area contributed by atoms with Gasteiger partial charge in [0.15, 0.2) is 0 Å². The number of carbonyl (C=O) groups is 3. The molecule has 2 N–H and O–H groups in total. The molecule has 1 aliphatic rings. The Morgan fingerprint density at radius 1 is 0.931 bits per heavy atom. The maximum Gasteiger partial charge on any atom is 0.220 e. The van der Waals surface area contributed by atoms with Gasteiger partial charge in [-0.05, 0) is 31.6 Å². The van der Waals surface area contributed by atoms with Crippen molar-refractivity contribution >= 4 is 17.6 Å². The van der Waals surface area contributed by atoms with Gasteiger partial charge in [0, 0.05) is 51.5 Å². The number of hydrogen-bond donors (Lipinski definition) is 2. The third-order valence-electron chi connectivity index (χ3n) is 4.90. The van der Waals surface area contributed by atoms with Crippen LogP contribution in [0.25, 0.3) is 0 Å². The van der Waals surface area contributed by atoms with Crippen molar-refractivity contribution in [1.29, 1.82) is 0 Å². The highest BCUT2D eigenvalue weighted by Crippen LogP contribution is 2.26. The minimum atomic E-state index is -0.0233. The number of nitrogens with one attached hydrogen (secondary N) is 2.